The zero-order valence-electron chi connectivity index (χ0n) is 13.6. The van der Waals surface area contributed by atoms with Crippen molar-refractivity contribution in [3.05, 3.63) is 73.7 Å². The van der Waals surface area contributed by atoms with E-state index in [1.54, 1.807) is 36.6 Å². The van der Waals surface area contributed by atoms with Crippen LogP contribution in [0, 0.1) is 10.1 Å². The summed E-state index contributed by atoms with van der Waals surface area (Å²) < 4.78 is 5.75. The quantitative estimate of drug-likeness (QED) is 0.460. The summed E-state index contributed by atoms with van der Waals surface area (Å²) in [7, 11) is 0. The Morgan fingerprint density at radius 2 is 1.88 bits per heavy atom. The predicted octanol–water partition coefficient (Wildman–Crippen LogP) is 3.88. The van der Waals surface area contributed by atoms with Crippen molar-refractivity contribution in [1.82, 2.24) is 0 Å². The number of carbonyl (C=O) groups excluding carboxylic acids is 2. The van der Waals surface area contributed by atoms with Gasteiger partial charge in [0.25, 0.3) is 5.69 Å². The van der Waals surface area contributed by atoms with E-state index in [1.165, 1.54) is 30.4 Å². The first-order valence-corrected chi connectivity index (χ1v) is 8.48. The molecule has 0 fully saturated rings. The smallest absolute Gasteiger partial charge is 0.269 e. The van der Waals surface area contributed by atoms with Gasteiger partial charge in [-0.15, -0.1) is 11.3 Å². The number of allylic oxidation sites excluding steroid dienone is 1. The Balaban J connectivity index is 2.03. The highest BCUT2D eigenvalue weighted by atomic mass is 32.1. The van der Waals surface area contributed by atoms with E-state index in [1.807, 2.05) is 0 Å². The Kier molecular flexibility index (Phi) is 4.50. The molecule has 1 aliphatic heterocycles. The maximum Gasteiger partial charge on any atom is 0.269 e. The molecule has 0 spiro atoms. The lowest BCUT2D eigenvalue weighted by Crippen LogP contribution is -2.28. The molecule has 2 heterocycles. The van der Waals surface area contributed by atoms with E-state index in [2.05, 4.69) is 0 Å². The molecule has 0 saturated heterocycles. The monoisotopic (exact) mass is 357 g/mol. The topological polar surface area (TPSA) is 86.5 Å². The Labute approximate surface area is 147 Å². The molecule has 128 valence electrons. The highest BCUT2D eigenvalue weighted by molar-refractivity contribution is 7.12. The molecule has 7 heteroatoms. The van der Waals surface area contributed by atoms with Gasteiger partial charge >= 0.3 is 0 Å². The maximum absolute atomic E-state index is 12.8. The molecule has 25 heavy (non-hydrogen) atoms. The fourth-order valence-corrected chi connectivity index (χ4v) is 3.76. The summed E-state index contributed by atoms with van der Waals surface area (Å²) in [5, 5.41) is 12.7. The van der Waals surface area contributed by atoms with Crippen molar-refractivity contribution < 1.29 is 19.2 Å². The Bertz CT molecular complexity index is 867. The summed E-state index contributed by atoms with van der Waals surface area (Å²) >= 11 is 1.31. The summed E-state index contributed by atoms with van der Waals surface area (Å²) in [5.74, 6) is -0.532. The van der Waals surface area contributed by atoms with Gasteiger partial charge in [-0.1, -0.05) is 18.2 Å². The minimum absolute atomic E-state index is 0.0473. The molecule has 2 aromatic rings. The zero-order valence-corrected chi connectivity index (χ0v) is 14.4. The van der Waals surface area contributed by atoms with E-state index in [-0.39, 0.29) is 17.3 Å². The summed E-state index contributed by atoms with van der Waals surface area (Å²) in [6.45, 7) is 3.09. The molecular formula is C18H15NO5S. The Morgan fingerprint density at radius 3 is 2.40 bits per heavy atom. The van der Waals surface area contributed by atoms with Gasteiger partial charge in [-0.3, -0.25) is 19.7 Å². The van der Waals surface area contributed by atoms with Gasteiger partial charge in [0.1, 0.15) is 5.76 Å². The lowest BCUT2D eigenvalue weighted by Gasteiger charge is -2.19. The number of ketones is 2. The second-order valence-corrected chi connectivity index (χ2v) is 6.68. The number of nitro groups is 1. The average Bonchev–Trinajstić information content (AvgIpc) is 3.21. The van der Waals surface area contributed by atoms with Crippen LogP contribution in [-0.2, 0) is 9.53 Å². The number of nitrogens with zero attached hydrogens (tertiary/aromatic N) is 1. The van der Waals surface area contributed by atoms with Gasteiger partial charge in [0.15, 0.2) is 11.9 Å². The number of nitro benzene ring substituents is 1. The minimum Gasteiger partial charge on any atom is -0.485 e. The van der Waals surface area contributed by atoms with Crippen molar-refractivity contribution >= 4 is 28.6 Å². The van der Waals surface area contributed by atoms with Crippen molar-refractivity contribution in [2.75, 3.05) is 0 Å². The molecule has 0 saturated carbocycles. The van der Waals surface area contributed by atoms with Crippen molar-refractivity contribution in [3.8, 4) is 0 Å². The molecule has 0 bridgehead atoms. The summed E-state index contributed by atoms with van der Waals surface area (Å²) in [5.41, 5.74) is 1.03. The molecule has 1 aromatic carbocycles. The van der Waals surface area contributed by atoms with E-state index in [9.17, 15) is 19.7 Å². The second-order valence-electron chi connectivity index (χ2n) is 5.73. The fourth-order valence-electron chi connectivity index (χ4n) is 3.07. The van der Waals surface area contributed by atoms with E-state index in [4.69, 9.17) is 4.74 Å². The SMILES string of the molecule is CC(=O)C1=C(C)O[C@@H](C(=O)c2cccs2)[C@@H]1c1ccc([N+](=O)[O-])cc1. The number of thiophene rings is 1. The van der Waals surface area contributed by atoms with Crippen molar-refractivity contribution in [3.63, 3.8) is 0 Å². The van der Waals surface area contributed by atoms with Crippen LogP contribution in [0.3, 0.4) is 0 Å². The van der Waals surface area contributed by atoms with Gasteiger partial charge in [0.05, 0.1) is 15.7 Å². The first-order chi connectivity index (χ1) is 11.9. The summed E-state index contributed by atoms with van der Waals surface area (Å²) in [6, 6.07) is 9.37. The molecule has 2 atom stereocenters. The van der Waals surface area contributed by atoms with Crippen molar-refractivity contribution in [2.45, 2.75) is 25.9 Å². The third-order valence-electron chi connectivity index (χ3n) is 4.16. The van der Waals surface area contributed by atoms with E-state index in [0.29, 0.717) is 21.8 Å². The molecule has 0 unspecified atom stereocenters. The molecule has 6 nitrogen and oxygen atoms in total. The average molecular weight is 357 g/mol. The molecule has 3 rings (SSSR count). The van der Waals surface area contributed by atoms with Crippen LogP contribution in [-0.4, -0.2) is 22.6 Å². The number of ether oxygens (including phenoxy) is 1. The second kappa shape index (κ2) is 6.60. The number of rotatable bonds is 5. The van der Waals surface area contributed by atoms with Crippen LogP contribution >= 0.6 is 11.3 Å². The number of Topliss-reactive ketones (excluding diaryl/α,β-unsaturated/α-hetero) is 2. The Hall–Kier alpha value is -2.80. The van der Waals surface area contributed by atoms with Gasteiger partial charge in [-0.25, -0.2) is 0 Å². The molecule has 0 amide bonds. The molecular weight excluding hydrogens is 342 g/mol. The number of hydrogen-bond acceptors (Lipinski definition) is 6. The minimum atomic E-state index is -0.848. The normalized spacial score (nSPS) is 19.6. The number of carbonyl (C=O) groups is 2. The lowest BCUT2D eigenvalue weighted by atomic mass is 9.84. The first kappa shape index (κ1) is 17.0. The number of benzene rings is 1. The lowest BCUT2D eigenvalue weighted by molar-refractivity contribution is -0.384. The standard InChI is InChI=1S/C18H15NO5S/c1-10(20)15-11(2)24-18(17(21)14-4-3-9-25-14)16(15)12-5-7-13(8-6-12)19(22)23/h3-9,16,18H,1-2H3/t16-,18-/m1/s1. The van der Waals surface area contributed by atoms with Crippen LogP contribution in [0.1, 0.15) is 35.0 Å². The molecule has 0 N–H and O–H groups in total. The van der Waals surface area contributed by atoms with E-state index >= 15 is 0 Å². The third-order valence-corrected chi connectivity index (χ3v) is 5.05. The van der Waals surface area contributed by atoms with Crippen molar-refractivity contribution in [1.29, 1.82) is 0 Å². The first-order valence-electron chi connectivity index (χ1n) is 7.60. The van der Waals surface area contributed by atoms with Crippen LogP contribution in [0.25, 0.3) is 0 Å². The summed E-state index contributed by atoms with van der Waals surface area (Å²) in [4.78, 5) is 35.8. The van der Waals surface area contributed by atoms with Gasteiger partial charge in [-0.05, 0) is 30.9 Å². The van der Waals surface area contributed by atoms with E-state index in [0.717, 1.165) is 0 Å². The summed E-state index contributed by atoms with van der Waals surface area (Å²) in [6.07, 6.45) is -0.848. The fraction of sp³-hybridized carbons (Fsp3) is 0.222. The Morgan fingerprint density at radius 1 is 1.20 bits per heavy atom. The van der Waals surface area contributed by atoms with Crippen LogP contribution < -0.4 is 0 Å². The predicted molar refractivity (Wildman–Crippen MR) is 92.7 cm³/mol. The highest BCUT2D eigenvalue weighted by Crippen LogP contribution is 2.41. The van der Waals surface area contributed by atoms with Crippen LogP contribution in [0.4, 0.5) is 5.69 Å². The van der Waals surface area contributed by atoms with Gasteiger partial charge in [0, 0.05) is 17.7 Å². The number of hydrogen-bond donors (Lipinski definition) is 0. The van der Waals surface area contributed by atoms with Gasteiger partial charge in [-0.2, -0.15) is 0 Å². The van der Waals surface area contributed by atoms with Gasteiger partial charge < -0.3 is 4.74 Å². The molecule has 0 aliphatic carbocycles. The van der Waals surface area contributed by atoms with Crippen LogP contribution in [0.5, 0.6) is 0 Å². The zero-order chi connectivity index (χ0) is 18.1. The molecule has 1 aliphatic rings. The highest BCUT2D eigenvalue weighted by Gasteiger charge is 2.43. The van der Waals surface area contributed by atoms with Crippen molar-refractivity contribution in [2.24, 2.45) is 0 Å². The van der Waals surface area contributed by atoms with Gasteiger partial charge in [0.2, 0.25) is 5.78 Å². The third kappa shape index (κ3) is 3.10. The van der Waals surface area contributed by atoms with Crippen LogP contribution in [0.2, 0.25) is 0 Å². The van der Waals surface area contributed by atoms with Crippen LogP contribution in [0.15, 0.2) is 53.1 Å². The largest absolute Gasteiger partial charge is 0.485 e. The molecule has 0 radical (unpaired) electrons. The maximum atomic E-state index is 12.8. The molecule has 1 aromatic heterocycles. The van der Waals surface area contributed by atoms with E-state index < -0.39 is 16.9 Å². The number of non-ortho nitro benzene ring substituents is 1.